The number of piperidine rings is 1. The minimum Gasteiger partial charge on any atom is -0.481 e. The van der Waals surface area contributed by atoms with Crippen LogP contribution in [0.15, 0.2) is 0 Å². The van der Waals surface area contributed by atoms with Crippen molar-refractivity contribution in [1.29, 1.82) is 0 Å². The first-order valence-corrected chi connectivity index (χ1v) is 6.60. The van der Waals surface area contributed by atoms with E-state index in [0.29, 0.717) is 26.1 Å². The highest BCUT2D eigenvalue weighted by Crippen LogP contribution is 2.16. The Morgan fingerprint density at radius 2 is 1.94 bits per heavy atom. The molecule has 6 heteroatoms. The number of carboxylic acids is 1. The van der Waals surface area contributed by atoms with Crippen LogP contribution in [0.3, 0.4) is 0 Å². The van der Waals surface area contributed by atoms with Crippen molar-refractivity contribution in [3.8, 4) is 0 Å². The van der Waals surface area contributed by atoms with Gasteiger partial charge in [0.25, 0.3) is 0 Å². The van der Waals surface area contributed by atoms with Crippen LogP contribution in [0.2, 0.25) is 0 Å². The standard InChI is InChI=1S/C12H21N3O3/c16-11(9-14-6-3-13-4-7-14)15-5-1-2-10(8-15)12(17)18/h10,13H,1-9H2,(H,17,18). The van der Waals surface area contributed by atoms with E-state index < -0.39 is 5.97 Å². The lowest BCUT2D eigenvalue weighted by Crippen LogP contribution is -2.50. The SMILES string of the molecule is O=C(O)C1CCCN(C(=O)CN2CCNCC2)C1. The summed E-state index contributed by atoms with van der Waals surface area (Å²) in [6, 6.07) is 0. The van der Waals surface area contributed by atoms with Crippen LogP contribution in [-0.2, 0) is 9.59 Å². The number of nitrogens with zero attached hydrogens (tertiary/aromatic N) is 2. The molecule has 1 unspecified atom stereocenters. The van der Waals surface area contributed by atoms with Crippen molar-refractivity contribution in [3.05, 3.63) is 0 Å². The zero-order valence-electron chi connectivity index (χ0n) is 10.6. The molecule has 1 atom stereocenters. The summed E-state index contributed by atoms with van der Waals surface area (Å²) in [4.78, 5) is 26.9. The van der Waals surface area contributed by atoms with Gasteiger partial charge in [-0.2, -0.15) is 0 Å². The monoisotopic (exact) mass is 255 g/mol. The van der Waals surface area contributed by atoms with Crippen LogP contribution in [0.5, 0.6) is 0 Å². The van der Waals surface area contributed by atoms with Crippen molar-refractivity contribution in [2.75, 3.05) is 45.8 Å². The molecule has 0 bridgehead atoms. The summed E-state index contributed by atoms with van der Waals surface area (Å²) < 4.78 is 0. The number of nitrogens with one attached hydrogen (secondary N) is 1. The summed E-state index contributed by atoms with van der Waals surface area (Å²) >= 11 is 0. The number of rotatable bonds is 3. The average molecular weight is 255 g/mol. The first-order chi connectivity index (χ1) is 8.66. The molecule has 0 radical (unpaired) electrons. The molecule has 102 valence electrons. The summed E-state index contributed by atoms with van der Waals surface area (Å²) in [7, 11) is 0. The molecule has 2 fully saturated rings. The highest BCUT2D eigenvalue weighted by atomic mass is 16.4. The largest absolute Gasteiger partial charge is 0.481 e. The Kier molecular flexibility index (Phi) is 4.54. The maximum atomic E-state index is 12.1. The number of hydrogen-bond acceptors (Lipinski definition) is 4. The minimum absolute atomic E-state index is 0.0721. The molecule has 2 rings (SSSR count). The van der Waals surface area contributed by atoms with Gasteiger partial charge in [0, 0.05) is 39.3 Å². The number of likely N-dealkylation sites (tertiary alicyclic amines) is 1. The maximum Gasteiger partial charge on any atom is 0.308 e. The van der Waals surface area contributed by atoms with E-state index in [1.54, 1.807) is 4.90 Å². The van der Waals surface area contributed by atoms with Gasteiger partial charge >= 0.3 is 5.97 Å². The Morgan fingerprint density at radius 3 is 2.61 bits per heavy atom. The average Bonchev–Trinajstić information content (AvgIpc) is 2.40. The highest BCUT2D eigenvalue weighted by Gasteiger charge is 2.28. The molecule has 0 aliphatic carbocycles. The molecule has 6 nitrogen and oxygen atoms in total. The predicted molar refractivity (Wildman–Crippen MR) is 66.2 cm³/mol. The van der Waals surface area contributed by atoms with Crippen LogP contribution < -0.4 is 5.32 Å². The number of aliphatic carboxylic acids is 1. The topological polar surface area (TPSA) is 72.9 Å². The van der Waals surface area contributed by atoms with Crippen molar-refractivity contribution in [2.45, 2.75) is 12.8 Å². The number of carbonyl (C=O) groups is 2. The lowest BCUT2D eigenvalue weighted by atomic mass is 9.98. The van der Waals surface area contributed by atoms with Gasteiger partial charge in [0.05, 0.1) is 12.5 Å². The number of carbonyl (C=O) groups excluding carboxylic acids is 1. The first kappa shape index (κ1) is 13.3. The van der Waals surface area contributed by atoms with Gasteiger partial charge in [-0.05, 0) is 12.8 Å². The van der Waals surface area contributed by atoms with E-state index in [-0.39, 0.29) is 11.8 Å². The highest BCUT2D eigenvalue weighted by molar-refractivity contribution is 5.79. The van der Waals surface area contributed by atoms with E-state index in [4.69, 9.17) is 5.11 Å². The van der Waals surface area contributed by atoms with Crippen molar-refractivity contribution in [3.63, 3.8) is 0 Å². The Bertz CT molecular complexity index is 316. The number of carboxylic acid groups (broad SMARTS) is 1. The quantitative estimate of drug-likeness (QED) is 0.692. The maximum absolute atomic E-state index is 12.1. The van der Waals surface area contributed by atoms with Crippen molar-refractivity contribution in [2.24, 2.45) is 5.92 Å². The van der Waals surface area contributed by atoms with Crippen LogP contribution in [0.4, 0.5) is 0 Å². The van der Waals surface area contributed by atoms with Gasteiger partial charge in [0.1, 0.15) is 0 Å². The third-order valence-electron chi connectivity index (χ3n) is 3.69. The lowest BCUT2D eigenvalue weighted by Gasteiger charge is -2.33. The summed E-state index contributed by atoms with van der Waals surface area (Å²) in [5, 5.41) is 12.2. The molecule has 0 spiro atoms. The predicted octanol–water partition coefficient (Wildman–Crippen LogP) is -0.785. The van der Waals surface area contributed by atoms with Crippen LogP contribution in [-0.4, -0.2) is 72.6 Å². The second kappa shape index (κ2) is 6.15. The molecule has 2 aliphatic rings. The second-order valence-corrected chi connectivity index (χ2v) is 5.04. The molecule has 0 aromatic heterocycles. The molecule has 2 aliphatic heterocycles. The van der Waals surface area contributed by atoms with E-state index in [1.165, 1.54) is 0 Å². The molecular formula is C12H21N3O3. The molecule has 0 saturated carbocycles. The first-order valence-electron chi connectivity index (χ1n) is 6.60. The second-order valence-electron chi connectivity index (χ2n) is 5.04. The van der Waals surface area contributed by atoms with E-state index in [0.717, 1.165) is 32.6 Å². The van der Waals surface area contributed by atoms with Crippen molar-refractivity contribution >= 4 is 11.9 Å². The van der Waals surface area contributed by atoms with Crippen LogP contribution >= 0.6 is 0 Å². The fraction of sp³-hybridized carbons (Fsp3) is 0.833. The van der Waals surface area contributed by atoms with Gasteiger partial charge in [-0.1, -0.05) is 0 Å². The third-order valence-corrected chi connectivity index (χ3v) is 3.69. The molecule has 1 amide bonds. The number of hydrogen-bond donors (Lipinski definition) is 2. The molecular weight excluding hydrogens is 234 g/mol. The molecule has 0 aromatic rings. The Balaban J connectivity index is 1.82. The Labute approximate surface area is 107 Å². The van der Waals surface area contributed by atoms with Gasteiger partial charge in [0.15, 0.2) is 0 Å². The van der Waals surface area contributed by atoms with Gasteiger partial charge in [-0.15, -0.1) is 0 Å². The molecule has 2 N–H and O–H groups in total. The van der Waals surface area contributed by atoms with Gasteiger partial charge in [0.2, 0.25) is 5.91 Å². The van der Waals surface area contributed by atoms with Crippen LogP contribution in [0.1, 0.15) is 12.8 Å². The zero-order chi connectivity index (χ0) is 13.0. The summed E-state index contributed by atoms with van der Waals surface area (Å²) in [6.07, 6.45) is 1.48. The Hall–Kier alpha value is -1.14. The smallest absolute Gasteiger partial charge is 0.308 e. The van der Waals surface area contributed by atoms with Crippen molar-refractivity contribution < 1.29 is 14.7 Å². The molecule has 2 heterocycles. The molecule has 2 saturated heterocycles. The summed E-state index contributed by atoms with van der Waals surface area (Å²) in [5.74, 6) is -1.09. The zero-order valence-corrected chi connectivity index (χ0v) is 10.6. The van der Waals surface area contributed by atoms with Gasteiger partial charge in [-0.25, -0.2) is 0 Å². The van der Waals surface area contributed by atoms with E-state index in [9.17, 15) is 9.59 Å². The number of piperazine rings is 1. The molecule has 0 aromatic carbocycles. The summed E-state index contributed by atoms with van der Waals surface area (Å²) in [5.41, 5.74) is 0. The van der Waals surface area contributed by atoms with E-state index in [2.05, 4.69) is 10.2 Å². The molecule has 18 heavy (non-hydrogen) atoms. The minimum atomic E-state index is -0.783. The lowest BCUT2D eigenvalue weighted by molar-refractivity contribution is -0.146. The summed E-state index contributed by atoms with van der Waals surface area (Å²) in [6.45, 7) is 5.13. The van der Waals surface area contributed by atoms with Crippen LogP contribution in [0.25, 0.3) is 0 Å². The van der Waals surface area contributed by atoms with Gasteiger partial charge < -0.3 is 15.3 Å². The third kappa shape index (κ3) is 3.43. The van der Waals surface area contributed by atoms with Crippen molar-refractivity contribution in [1.82, 2.24) is 15.1 Å². The fourth-order valence-corrected chi connectivity index (χ4v) is 2.57. The van der Waals surface area contributed by atoms with E-state index in [1.807, 2.05) is 0 Å². The normalized spacial score (nSPS) is 26.0. The van der Waals surface area contributed by atoms with Crippen LogP contribution in [0, 0.1) is 5.92 Å². The fourth-order valence-electron chi connectivity index (χ4n) is 2.57. The van der Waals surface area contributed by atoms with Gasteiger partial charge in [-0.3, -0.25) is 14.5 Å². The number of amides is 1. The Morgan fingerprint density at radius 1 is 1.22 bits per heavy atom. The van der Waals surface area contributed by atoms with E-state index >= 15 is 0 Å².